The molecule has 0 N–H and O–H groups in total. The fourth-order valence-electron chi connectivity index (χ4n) is 3.26. The van der Waals surface area contributed by atoms with E-state index in [1.807, 2.05) is 0 Å². The first-order chi connectivity index (χ1) is 11.1. The van der Waals surface area contributed by atoms with Crippen LogP contribution in [0.1, 0.15) is 43.9 Å². The fourth-order valence-corrected chi connectivity index (χ4v) is 3.26. The Bertz CT molecular complexity index is 602. The van der Waals surface area contributed by atoms with Gasteiger partial charge in [-0.1, -0.05) is 12.8 Å². The van der Waals surface area contributed by atoms with Crippen LogP contribution in [0.3, 0.4) is 0 Å². The number of ether oxygens (including phenoxy) is 1. The third-order valence-corrected chi connectivity index (χ3v) is 4.40. The third kappa shape index (κ3) is 3.25. The van der Waals surface area contributed by atoms with Gasteiger partial charge in [0.05, 0.1) is 18.3 Å². The summed E-state index contributed by atoms with van der Waals surface area (Å²) in [5.74, 6) is -0.541. The SMILES string of the molecule is Cc1nnc(COC(=O)CCN2C(=O)[C@@H]3CCCC[C@H]3C2=O)o1. The molecule has 1 aliphatic heterocycles. The average molecular weight is 321 g/mol. The molecule has 23 heavy (non-hydrogen) atoms. The molecule has 2 aliphatic rings. The molecule has 124 valence electrons. The quantitative estimate of drug-likeness (QED) is 0.588. The Morgan fingerprint density at radius 3 is 2.43 bits per heavy atom. The number of amides is 2. The van der Waals surface area contributed by atoms with Crippen LogP contribution >= 0.6 is 0 Å². The van der Waals surface area contributed by atoms with E-state index in [-0.39, 0.29) is 49.1 Å². The number of likely N-dealkylation sites (tertiary alicyclic amines) is 1. The van der Waals surface area contributed by atoms with Gasteiger partial charge in [0.15, 0.2) is 6.61 Å². The van der Waals surface area contributed by atoms with Gasteiger partial charge in [0.25, 0.3) is 5.89 Å². The first-order valence-corrected chi connectivity index (χ1v) is 7.86. The maximum atomic E-state index is 12.3. The smallest absolute Gasteiger partial charge is 0.308 e. The molecule has 3 rings (SSSR count). The van der Waals surface area contributed by atoms with Crippen molar-refractivity contribution in [2.24, 2.45) is 11.8 Å². The fraction of sp³-hybridized carbons (Fsp3) is 0.667. The number of nitrogens with zero attached hydrogens (tertiary/aromatic N) is 3. The second-order valence-corrected chi connectivity index (χ2v) is 5.95. The van der Waals surface area contributed by atoms with Crippen LogP contribution in [-0.4, -0.2) is 39.4 Å². The number of hydrogen-bond donors (Lipinski definition) is 0. The van der Waals surface area contributed by atoms with E-state index in [1.54, 1.807) is 6.92 Å². The van der Waals surface area contributed by atoms with Gasteiger partial charge in [-0.3, -0.25) is 19.3 Å². The molecule has 8 heteroatoms. The van der Waals surface area contributed by atoms with Crippen molar-refractivity contribution in [3.8, 4) is 0 Å². The standard InChI is InChI=1S/C15H19N3O5/c1-9-16-17-12(23-9)8-22-13(19)6-7-18-14(20)10-4-2-3-5-11(10)15(18)21/h10-11H,2-8H2,1H3/t10-,11-/m1/s1. The number of fused-ring (bicyclic) bond motifs is 1. The molecule has 1 saturated heterocycles. The molecule has 0 radical (unpaired) electrons. The maximum absolute atomic E-state index is 12.3. The Labute approximate surface area is 133 Å². The summed E-state index contributed by atoms with van der Waals surface area (Å²) < 4.78 is 10.1. The minimum Gasteiger partial charge on any atom is -0.456 e. The predicted molar refractivity (Wildman–Crippen MR) is 75.6 cm³/mol. The molecule has 1 saturated carbocycles. The highest BCUT2D eigenvalue weighted by atomic mass is 16.5. The zero-order chi connectivity index (χ0) is 16.4. The van der Waals surface area contributed by atoms with Gasteiger partial charge in [-0.2, -0.15) is 0 Å². The normalized spacial score (nSPS) is 24.0. The Morgan fingerprint density at radius 1 is 1.22 bits per heavy atom. The van der Waals surface area contributed by atoms with Crippen molar-refractivity contribution in [3.63, 3.8) is 0 Å². The van der Waals surface area contributed by atoms with Crippen LogP contribution in [0.2, 0.25) is 0 Å². The van der Waals surface area contributed by atoms with Gasteiger partial charge in [-0.15, -0.1) is 10.2 Å². The molecule has 2 fully saturated rings. The summed E-state index contributed by atoms with van der Waals surface area (Å²) in [5.41, 5.74) is 0. The zero-order valence-corrected chi connectivity index (χ0v) is 13.0. The minimum absolute atomic E-state index is 0.0238. The number of hydrogen-bond acceptors (Lipinski definition) is 7. The van der Waals surface area contributed by atoms with Gasteiger partial charge < -0.3 is 9.15 Å². The summed E-state index contributed by atoms with van der Waals surface area (Å²) in [6.07, 6.45) is 3.49. The number of aromatic nitrogens is 2. The van der Waals surface area contributed by atoms with Gasteiger partial charge in [-0.05, 0) is 12.8 Å². The van der Waals surface area contributed by atoms with Crippen molar-refractivity contribution in [2.75, 3.05) is 6.54 Å². The van der Waals surface area contributed by atoms with E-state index in [1.165, 1.54) is 4.90 Å². The summed E-state index contributed by atoms with van der Waals surface area (Å²) >= 11 is 0. The van der Waals surface area contributed by atoms with Crippen LogP contribution in [0, 0.1) is 18.8 Å². The molecule has 0 unspecified atom stereocenters. The van der Waals surface area contributed by atoms with E-state index in [0.29, 0.717) is 5.89 Å². The number of esters is 1. The molecular formula is C15H19N3O5. The molecule has 2 atom stereocenters. The molecule has 8 nitrogen and oxygen atoms in total. The number of carbonyl (C=O) groups is 3. The molecule has 0 aromatic carbocycles. The molecule has 0 bridgehead atoms. The Balaban J connectivity index is 1.48. The predicted octanol–water partition coefficient (Wildman–Crippen LogP) is 0.987. The lowest BCUT2D eigenvalue weighted by Gasteiger charge is -2.19. The van der Waals surface area contributed by atoms with E-state index in [9.17, 15) is 14.4 Å². The summed E-state index contributed by atoms with van der Waals surface area (Å²) in [6.45, 7) is 1.61. The molecule has 2 heterocycles. The number of rotatable bonds is 5. The maximum Gasteiger partial charge on any atom is 0.308 e. The highest BCUT2D eigenvalue weighted by Gasteiger charge is 2.47. The average Bonchev–Trinajstić information content (AvgIpc) is 3.07. The molecule has 1 aromatic heterocycles. The van der Waals surface area contributed by atoms with Crippen LogP contribution in [0.5, 0.6) is 0 Å². The summed E-state index contributed by atoms with van der Waals surface area (Å²) in [5, 5.41) is 7.35. The van der Waals surface area contributed by atoms with Crippen molar-refractivity contribution in [1.29, 1.82) is 0 Å². The zero-order valence-electron chi connectivity index (χ0n) is 13.0. The van der Waals surface area contributed by atoms with Crippen LogP contribution in [0.25, 0.3) is 0 Å². The van der Waals surface area contributed by atoms with Crippen molar-refractivity contribution in [3.05, 3.63) is 11.8 Å². The third-order valence-electron chi connectivity index (χ3n) is 4.40. The van der Waals surface area contributed by atoms with Gasteiger partial charge in [0, 0.05) is 13.5 Å². The first kappa shape index (κ1) is 15.6. The van der Waals surface area contributed by atoms with Gasteiger partial charge in [0.2, 0.25) is 17.7 Å². The van der Waals surface area contributed by atoms with Crippen LogP contribution < -0.4 is 0 Å². The highest BCUT2D eigenvalue weighted by Crippen LogP contribution is 2.37. The van der Waals surface area contributed by atoms with Gasteiger partial charge in [-0.25, -0.2) is 0 Å². The van der Waals surface area contributed by atoms with E-state index < -0.39 is 5.97 Å². The Hall–Kier alpha value is -2.25. The van der Waals surface area contributed by atoms with E-state index in [0.717, 1.165) is 25.7 Å². The number of imide groups is 1. The lowest BCUT2D eigenvalue weighted by molar-refractivity contribution is -0.147. The van der Waals surface area contributed by atoms with Crippen LogP contribution in [0.15, 0.2) is 4.42 Å². The van der Waals surface area contributed by atoms with Crippen molar-refractivity contribution in [2.45, 2.75) is 45.6 Å². The lowest BCUT2D eigenvalue weighted by Crippen LogP contribution is -2.33. The van der Waals surface area contributed by atoms with Gasteiger partial charge in [0.1, 0.15) is 0 Å². The summed E-state index contributed by atoms with van der Waals surface area (Å²) in [7, 11) is 0. The molecule has 0 spiro atoms. The molecule has 1 aromatic rings. The second kappa shape index (κ2) is 6.47. The number of aryl methyl sites for hydroxylation is 1. The van der Waals surface area contributed by atoms with Crippen LogP contribution in [0.4, 0.5) is 0 Å². The topological polar surface area (TPSA) is 103 Å². The molecular weight excluding hydrogens is 302 g/mol. The lowest BCUT2D eigenvalue weighted by atomic mass is 9.81. The van der Waals surface area contributed by atoms with Gasteiger partial charge >= 0.3 is 5.97 Å². The minimum atomic E-state index is -0.503. The highest BCUT2D eigenvalue weighted by molar-refractivity contribution is 6.05. The van der Waals surface area contributed by atoms with E-state index >= 15 is 0 Å². The summed E-state index contributed by atoms with van der Waals surface area (Å²) in [4.78, 5) is 37.5. The van der Waals surface area contributed by atoms with Crippen LogP contribution in [-0.2, 0) is 25.7 Å². The molecule has 2 amide bonds. The molecule has 1 aliphatic carbocycles. The van der Waals surface area contributed by atoms with Crippen molar-refractivity contribution >= 4 is 17.8 Å². The van der Waals surface area contributed by atoms with Crippen molar-refractivity contribution in [1.82, 2.24) is 15.1 Å². The number of carbonyl (C=O) groups excluding carboxylic acids is 3. The van der Waals surface area contributed by atoms with E-state index in [4.69, 9.17) is 9.15 Å². The first-order valence-electron chi connectivity index (χ1n) is 7.86. The Kier molecular flexibility index (Phi) is 4.40. The Morgan fingerprint density at radius 2 is 1.87 bits per heavy atom. The monoisotopic (exact) mass is 321 g/mol. The summed E-state index contributed by atoms with van der Waals surface area (Å²) in [6, 6.07) is 0. The van der Waals surface area contributed by atoms with E-state index in [2.05, 4.69) is 10.2 Å². The van der Waals surface area contributed by atoms with Crippen molar-refractivity contribution < 1.29 is 23.5 Å². The largest absolute Gasteiger partial charge is 0.456 e. The second-order valence-electron chi connectivity index (χ2n) is 5.95.